The SMILES string of the molecule is CC1C=CC=CC1OC(F)(F)F. The van der Waals surface area contributed by atoms with Crippen LogP contribution in [0.4, 0.5) is 13.2 Å². The van der Waals surface area contributed by atoms with Gasteiger partial charge in [0.2, 0.25) is 0 Å². The molecule has 0 aliphatic heterocycles. The maximum absolute atomic E-state index is 11.7. The van der Waals surface area contributed by atoms with Gasteiger partial charge in [0.05, 0.1) is 6.10 Å². The van der Waals surface area contributed by atoms with Crippen molar-refractivity contribution in [2.75, 3.05) is 0 Å². The fourth-order valence-electron chi connectivity index (χ4n) is 0.999. The van der Waals surface area contributed by atoms with Gasteiger partial charge in [0, 0.05) is 5.92 Å². The molecular weight excluding hydrogens is 169 g/mol. The third-order valence-corrected chi connectivity index (χ3v) is 1.61. The lowest BCUT2D eigenvalue weighted by Gasteiger charge is -2.21. The number of ether oxygens (including phenoxy) is 1. The molecule has 0 spiro atoms. The molecule has 0 bridgehead atoms. The number of hydrogen-bond donors (Lipinski definition) is 0. The molecule has 0 aromatic carbocycles. The van der Waals surface area contributed by atoms with Crippen LogP contribution in [0, 0.1) is 5.92 Å². The van der Waals surface area contributed by atoms with Gasteiger partial charge in [-0.3, -0.25) is 4.74 Å². The summed E-state index contributed by atoms with van der Waals surface area (Å²) in [5.41, 5.74) is 0. The molecule has 0 fully saturated rings. The quantitative estimate of drug-likeness (QED) is 0.599. The first-order valence-electron chi connectivity index (χ1n) is 3.58. The number of alkyl halides is 3. The Morgan fingerprint density at radius 1 is 1.17 bits per heavy atom. The molecule has 0 aromatic rings. The van der Waals surface area contributed by atoms with Gasteiger partial charge in [-0.25, -0.2) is 0 Å². The van der Waals surface area contributed by atoms with Gasteiger partial charge >= 0.3 is 6.36 Å². The molecule has 4 heteroatoms. The van der Waals surface area contributed by atoms with E-state index in [1.165, 1.54) is 6.08 Å². The van der Waals surface area contributed by atoms with Gasteiger partial charge in [-0.15, -0.1) is 13.2 Å². The van der Waals surface area contributed by atoms with E-state index in [1.807, 2.05) is 0 Å². The standard InChI is InChI=1S/C8H9F3O/c1-6-4-2-3-5-7(6)12-8(9,10)11/h2-7H,1H3. The normalized spacial score (nSPS) is 29.3. The highest BCUT2D eigenvalue weighted by atomic mass is 19.4. The lowest BCUT2D eigenvalue weighted by molar-refractivity contribution is -0.339. The van der Waals surface area contributed by atoms with Gasteiger partial charge in [0.1, 0.15) is 0 Å². The molecule has 0 saturated carbocycles. The zero-order chi connectivity index (χ0) is 9.19. The molecule has 68 valence electrons. The molecule has 0 aromatic heterocycles. The maximum atomic E-state index is 11.7. The molecule has 1 rings (SSSR count). The van der Waals surface area contributed by atoms with E-state index in [9.17, 15) is 13.2 Å². The Balaban J connectivity index is 2.53. The molecule has 0 amide bonds. The summed E-state index contributed by atoms with van der Waals surface area (Å²) < 4.78 is 39.1. The van der Waals surface area contributed by atoms with Gasteiger partial charge in [0.15, 0.2) is 0 Å². The van der Waals surface area contributed by atoms with Crippen molar-refractivity contribution in [1.29, 1.82) is 0 Å². The largest absolute Gasteiger partial charge is 0.523 e. The van der Waals surface area contributed by atoms with Crippen LogP contribution in [0.5, 0.6) is 0 Å². The molecule has 1 aliphatic rings. The van der Waals surface area contributed by atoms with Gasteiger partial charge in [-0.05, 0) is 0 Å². The Morgan fingerprint density at radius 2 is 1.75 bits per heavy atom. The van der Waals surface area contributed by atoms with Crippen LogP contribution in [0.25, 0.3) is 0 Å². The van der Waals surface area contributed by atoms with E-state index >= 15 is 0 Å². The fraction of sp³-hybridized carbons (Fsp3) is 0.500. The van der Waals surface area contributed by atoms with Crippen molar-refractivity contribution in [3.8, 4) is 0 Å². The van der Waals surface area contributed by atoms with Crippen LogP contribution in [-0.4, -0.2) is 12.5 Å². The van der Waals surface area contributed by atoms with Gasteiger partial charge < -0.3 is 0 Å². The lowest BCUT2D eigenvalue weighted by atomic mass is 10.0. The second-order valence-corrected chi connectivity index (χ2v) is 2.66. The summed E-state index contributed by atoms with van der Waals surface area (Å²) in [6.07, 6.45) is 0.912. The zero-order valence-electron chi connectivity index (χ0n) is 6.51. The number of hydrogen-bond acceptors (Lipinski definition) is 1. The zero-order valence-corrected chi connectivity index (χ0v) is 6.51. The first kappa shape index (κ1) is 9.32. The van der Waals surface area contributed by atoms with Crippen molar-refractivity contribution in [2.24, 2.45) is 5.92 Å². The molecule has 1 nitrogen and oxygen atoms in total. The van der Waals surface area contributed by atoms with Crippen LogP contribution >= 0.6 is 0 Å². The van der Waals surface area contributed by atoms with Crippen LogP contribution < -0.4 is 0 Å². The van der Waals surface area contributed by atoms with E-state index in [4.69, 9.17) is 0 Å². The van der Waals surface area contributed by atoms with Gasteiger partial charge in [-0.2, -0.15) is 0 Å². The minimum atomic E-state index is -4.55. The van der Waals surface area contributed by atoms with Crippen LogP contribution in [0.3, 0.4) is 0 Å². The first-order chi connectivity index (χ1) is 5.49. The molecule has 12 heavy (non-hydrogen) atoms. The molecular formula is C8H9F3O. The van der Waals surface area contributed by atoms with Crippen molar-refractivity contribution in [3.05, 3.63) is 24.3 Å². The summed E-state index contributed by atoms with van der Waals surface area (Å²) in [5.74, 6) is -0.225. The molecule has 1 aliphatic carbocycles. The second-order valence-electron chi connectivity index (χ2n) is 2.66. The lowest BCUT2D eigenvalue weighted by Crippen LogP contribution is -2.27. The molecule has 0 N–H and O–H groups in total. The minimum absolute atomic E-state index is 0.225. The average molecular weight is 178 g/mol. The highest BCUT2D eigenvalue weighted by molar-refractivity contribution is 5.14. The van der Waals surface area contributed by atoms with Crippen molar-refractivity contribution in [2.45, 2.75) is 19.4 Å². The molecule has 0 radical (unpaired) electrons. The third kappa shape index (κ3) is 2.70. The van der Waals surface area contributed by atoms with E-state index in [1.54, 1.807) is 25.2 Å². The van der Waals surface area contributed by atoms with Crippen molar-refractivity contribution in [1.82, 2.24) is 0 Å². The van der Waals surface area contributed by atoms with E-state index in [2.05, 4.69) is 4.74 Å². The fourth-order valence-corrected chi connectivity index (χ4v) is 0.999. The van der Waals surface area contributed by atoms with Crippen molar-refractivity contribution >= 4 is 0 Å². The third-order valence-electron chi connectivity index (χ3n) is 1.61. The monoisotopic (exact) mass is 178 g/mol. The van der Waals surface area contributed by atoms with Crippen LogP contribution in [0.2, 0.25) is 0 Å². The van der Waals surface area contributed by atoms with E-state index < -0.39 is 12.5 Å². The summed E-state index contributed by atoms with van der Waals surface area (Å²) in [6.45, 7) is 1.68. The smallest absolute Gasteiger partial charge is 0.284 e. The maximum Gasteiger partial charge on any atom is 0.523 e. The Morgan fingerprint density at radius 3 is 2.25 bits per heavy atom. The Hall–Kier alpha value is -0.770. The van der Waals surface area contributed by atoms with Crippen LogP contribution in [0.1, 0.15) is 6.92 Å². The van der Waals surface area contributed by atoms with Crippen molar-refractivity contribution < 1.29 is 17.9 Å². The molecule has 0 heterocycles. The van der Waals surface area contributed by atoms with E-state index in [-0.39, 0.29) is 5.92 Å². The van der Waals surface area contributed by atoms with E-state index in [0.29, 0.717) is 0 Å². The Bertz CT molecular complexity index is 205. The Kier molecular flexibility index (Phi) is 2.57. The molecule has 2 atom stereocenters. The summed E-state index contributed by atoms with van der Waals surface area (Å²) in [6, 6.07) is 0. The number of rotatable bonds is 1. The van der Waals surface area contributed by atoms with Crippen LogP contribution in [0.15, 0.2) is 24.3 Å². The number of allylic oxidation sites excluding steroid dienone is 2. The predicted octanol–water partition coefficient (Wildman–Crippen LogP) is 2.65. The van der Waals surface area contributed by atoms with Gasteiger partial charge in [0.25, 0.3) is 0 Å². The molecule has 2 unspecified atom stereocenters. The van der Waals surface area contributed by atoms with E-state index in [0.717, 1.165) is 0 Å². The van der Waals surface area contributed by atoms with Crippen molar-refractivity contribution in [3.63, 3.8) is 0 Å². The topological polar surface area (TPSA) is 9.23 Å². The minimum Gasteiger partial charge on any atom is -0.284 e. The summed E-state index contributed by atoms with van der Waals surface area (Å²) >= 11 is 0. The highest BCUT2D eigenvalue weighted by Crippen LogP contribution is 2.25. The average Bonchev–Trinajstić information content (AvgIpc) is 1.91. The van der Waals surface area contributed by atoms with Crippen LogP contribution in [-0.2, 0) is 4.74 Å². The summed E-state index contributed by atoms with van der Waals surface area (Å²) in [7, 11) is 0. The predicted molar refractivity (Wildman–Crippen MR) is 38.4 cm³/mol. The summed E-state index contributed by atoms with van der Waals surface area (Å²) in [4.78, 5) is 0. The molecule has 0 saturated heterocycles. The first-order valence-corrected chi connectivity index (χ1v) is 3.58. The number of halogens is 3. The highest BCUT2D eigenvalue weighted by Gasteiger charge is 2.34. The van der Waals surface area contributed by atoms with Gasteiger partial charge in [-0.1, -0.05) is 31.2 Å². The second kappa shape index (κ2) is 3.31. The Labute approximate surface area is 68.5 Å². The summed E-state index contributed by atoms with van der Waals surface area (Å²) in [5, 5.41) is 0.